The maximum Gasteiger partial charge on any atom is 0.303 e. The van der Waals surface area contributed by atoms with Crippen molar-refractivity contribution in [3.05, 3.63) is 82.1 Å². The third-order valence-corrected chi connectivity index (χ3v) is 7.20. The monoisotopic (exact) mass is 472 g/mol. The van der Waals surface area contributed by atoms with Crippen molar-refractivity contribution < 1.29 is 19.1 Å². The Morgan fingerprint density at radius 3 is 2.47 bits per heavy atom. The molecule has 1 N–H and O–H groups in total. The van der Waals surface area contributed by atoms with Gasteiger partial charge in [0.05, 0.1) is 0 Å². The average molecular weight is 473 g/mol. The van der Waals surface area contributed by atoms with E-state index < -0.39 is 17.7 Å². The molecule has 3 nitrogen and oxygen atoms in total. The fourth-order valence-corrected chi connectivity index (χ4v) is 5.42. The lowest BCUT2D eigenvalue weighted by Gasteiger charge is -2.22. The highest BCUT2D eigenvalue weighted by Gasteiger charge is 2.42. The molecule has 0 aliphatic heterocycles. The highest BCUT2D eigenvalue weighted by atomic mass is 35.5. The Labute approximate surface area is 196 Å². The molecule has 4 rings (SSSR count). The lowest BCUT2D eigenvalue weighted by molar-refractivity contribution is -0.137. The molecule has 6 heteroatoms. The predicted molar refractivity (Wildman–Crippen MR) is 125 cm³/mol. The molecule has 1 aliphatic rings. The van der Waals surface area contributed by atoms with Gasteiger partial charge in [0.2, 0.25) is 0 Å². The molecule has 0 spiro atoms. The van der Waals surface area contributed by atoms with Gasteiger partial charge in [-0.1, -0.05) is 54.1 Å². The van der Waals surface area contributed by atoms with Gasteiger partial charge in [0.25, 0.3) is 0 Å². The van der Waals surface area contributed by atoms with Crippen LogP contribution in [0.3, 0.4) is 0 Å². The van der Waals surface area contributed by atoms with E-state index in [0.717, 1.165) is 22.8 Å². The number of carbonyl (C=O) groups is 2. The van der Waals surface area contributed by atoms with Gasteiger partial charge in [-0.05, 0) is 59.4 Å². The Morgan fingerprint density at radius 2 is 1.75 bits per heavy atom. The van der Waals surface area contributed by atoms with Gasteiger partial charge >= 0.3 is 5.97 Å². The molecule has 166 valence electrons. The van der Waals surface area contributed by atoms with Crippen molar-refractivity contribution >= 4 is 45.7 Å². The van der Waals surface area contributed by atoms with E-state index in [2.05, 4.69) is 0 Å². The van der Waals surface area contributed by atoms with E-state index in [4.69, 9.17) is 28.3 Å². The standard InChI is InChI=1S/C26H23Cl2FO3/c27-21-11-8-15(18-3-1-2-4-19(18)21)7-10-20-22(28)14-24(30)26(20)17-6-5-16(23(29)13-17)9-12-25(31)32/h1-6,8,11,13,20,22,26H,7,9-10,12,14H2,(H,31,32)/t20-,22?,26+/m0/s1. The number of benzene rings is 3. The van der Waals surface area contributed by atoms with E-state index in [-0.39, 0.29) is 36.3 Å². The second-order valence-corrected chi connectivity index (χ2v) is 9.33. The van der Waals surface area contributed by atoms with Gasteiger partial charge in [-0.2, -0.15) is 0 Å². The number of ketones is 1. The van der Waals surface area contributed by atoms with Crippen LogP contribution >= 0.6 is 23.2 Å². The number of fused-ring (bicyclic) bond motifs is 1. The number of Topliss-reactive ketones (excluding diaryl/α,β-unsaturated/α-hetero) is 1. The third-order valence-electron chi connectivity index (χ3n) is 6.39. The topological polar surface area (TPSA) is 54.4 Å². The molecule has 0 radical (unpaired) electrons. The van der Waals surface area contributed by atoms with Crippen molar-refractivity contribution in [1.82, 2.24) is 0 Å². The maximum atomic E-state index is 14.6. The predicted octanol–water partition coefficient (Wildman–Crippen LogP) is 6.56. The molecular formula is C26H23Cl2FO3. The largest absolute Gasteiger partial charge is 0.481 e. The van der Waals surface area contributed by atoms with Crippen LogP contribution in [-0.2, 0) is 22.4 Å². The maximum absolute atomic E-state index is 14.6. The summed E-state index contributed by atoms with van der Waals surface area (Å²) in [4.78, 5) is 23.6. The number of hydrogen-bond acceptors (Lipinski definition) is 2. The van der Waals surface area contributed by atoms with E-state index in [0.29, 0.717) is 22.6 Å². The first kappa shape index (κ1) is 22.8. The minimum Gasteiger partial charge on any atom is -0.481 e. The van der Waals surface area contributed by atoms with E-state index in [1.54, 1.807) is 12.1 Å². The number of carboxylic acid groups (broad SMARTS) is 1. The van der Waals surface area contributed by atoms with Gasteiger partial charge < -0.3 is 5.11 Å². The van der Waals surface area contributed by atoms with E-state index >= 15 is 0 Å². The summed E-state index contributed by atoms with van der Waals surface area (Å²) in [6.07, 6.45) is 1.67. The number of carbonyl (C=O) groups excluding carboxylic acids is 1. The smallest absolute Gasteiger partial charge is 0.303 e. The summed E-state index contributed by atoms with van der Waals surface area (Å²) in [5.41, 5.74) is 2.09. The molecule has 0 aromatic heterocycles. The Hall–Kier alpha value is -2.43. The highest BCUT2D eigenvalue weighted by molar-refractivity contribution is 6.35. The van der Waals surface area contributed by atoms with Gasteiger partial charge in [0.15, 0.2) is 0 Å². The van der Waals surface area contributed by atoms with Crippen LogP contribution < -0.4 is 0 Å². The normalized spacial score (nSPS) is 20.7. The van der Waals surface area contributed by atoms with Crippen LogP contribution in [0.4, 0.5) is 4.39 Å². The zero-order chi connectivity index (χ0) is 22.8. The molecule has 1 aliphatic carbocycles. The first-order valence-electron chi connectivity index (χ1n) is 10.7. The summed E-state index contributed by atoms with van der Waals surface area (Å²) in [5.74, 6) is -1.99. The number of rotatable bonds is 7. The Bertz CT molecular complexity index is 1180. The van der Waals surface area contributed by atoms with Gasteiger partial charge in [-0.25, -0.2) is 4.39 Å². The van der Waals surface area contributed by atoms with E-state index in [1.165, 1.54) is 6.07 Å². The number of carboxylic acids is 1. The Balaban J connectivity index is 1.56. The Kier molecular flexibility index (Phi) is 6.82. The van der Waals surface area contributed by atoms with Crippen molar-refractivity contribution in [2.24, 2.45) is 5.92 Å². The molecule has 1 fully saturated rings. The van der Waals surface area contributed by atoms with Crippen LogP contribution in [0.1, 0.15) is 41.9 Å². The summed E-state index contributed by atoms with van der Waals surface area (Å²) in [6.45, 7) is 0. The first-order valence-corrected chi connectivity index (χ1v) is 11.5. The number of alkyl halides is 1. The van der Waals surface area contributed by atoms with Crippen molar-refractivity contribution in [2.75, 3.05) is 0 Å². The highest BCUT2D eigenvalue weighted by Crippen LogP contribution is 2.43. The minimum absolute atomic E-state index is 0.0219. The summed E-state index contributed by atoms with van der Waals surface area (Å²) in [5, 5.41) is 11.3. The molecular weight excluding hydrogens is 450 g/mol. The lowest BCUT2D eigenvalue weighted by atomic mass is 9.83. The summed E-state index contributed by atoms with van der Waals surface area (Å²) in [6, 6.07) is 16.6. The molecule has 1 unspecified atom stereocenters. The van der Waals surface area contributed by atoms with Crippen molar-refractivity contribution in [3.63, 3.8) is 0 Å². The van der Waals surface area contributed by atoms with Gasteiger partial charge in [-0.3, -0.25) is 9.59 Å². The molecule has 3 aromatic rings. The molecule has 0 saturated heterocycles. The zero-order valence-corrected chi connectivity index (χ0v) is 18.9. The lowest BCUT2D eigenvalue weighted by Crippen LogP contribution is -2.18. The fraction of sp³-hybridized carbons (Fsp3) is 0.308. The van der Waals surface area contributed by atoms with Crippen LogP contribution in [0, 0.1) is 11.7 Å². The van der Waals surface area contributed by atoms with Crippen molar-refractivity contribution in [1.29, 1.82) is 0 Å². The summed E-state index contributed by atoms with van der Waals surface area (Å²) < 4.78 is 14.6. The number of halogens is 3. The summed E-state index contributed by atoms with van der Waals surface area (Å²) in [7, 11) is 0. The molecule has 0 amide bonds. The second-order valence-electron chi connectivity index (χ2n) is 8.36. The number of hydrogen-bond donors (Lipinski definition) is 1. The van der Waals surface area contributed by atoms with Gasteiger partial charge in [0, 0.05) is 34.5 Å². The SMILES string of the molecule is O=C(O)CCc1ccc([C@H]2C(=O)CC(Cl)[C@@H]2CCc2ccc(Cl)c3ccccc23)cc1F. The first-order chi connectivity index (χ1) is 15.3. The Morgan fingerprint density at radius 1 is 1.03 bits per heavy atom. The average Bonchev–Trinajstić information content (AvgIpc) is 3.05. The van der Waals surface area contributed by atoms with Crippen LogP contribution in [0.5, 0.6) is 0 Å². The molecule has 3 atom stereocenters. The van der Waals surface area contributed by atoms with Gasteiger partial charge in [0.1, 0.15) is 11.6 Å². The third kappa shape index (κ3) is 4.67. The number of aryl methyl sites for hydroxylation is 2. The van der Waals surface area contributed by atoms with Crippen molar-refractivity contribution in [2.45, 2.75) is 43.4 Å². The molecule has 32 heavy (non-hydrogen) atoms. The van der Waals surface area contributed by atoms with E-state index in [9.17, 15) is 14.0 Å². The zero-order valence-electron chi connectivity index (χ0n) is 17.4. The minimum atomic E-state index is -0.973. The van der Waals surface area contributed by atoms with Crippen LogP contribution in [-0.4, -0.2) is 22.2 Å². The van der Waals surface area contributed by atoms with Crippen LogP contribution in [0.2, 0.25) is 5.02 Å². The molecule has 1 saturated carbocycles. The van der Waals surface area contributed by atoms with E-state index in [1.807, 2.05) is 36.4 Å². The quantitative estimate of drug-likeness (QED) is 0.396. The summed E-state index contributed by atoms with van der Waals surface area (Å²) >= 11 is 12.9. The van der Waals surface area contributed by atoms with Gasteiger partial charge in [-0.15, -0.1) is 11.6 Å². The molecule has 0 heterocycles. The van der Waals surface area contributed by atoms with Crippen LogP contribution in [0.25, 0.3) is 10.8 Å². The molecule has 3 aromatic carbocycles. The fourth-order valence-electron chi connectivity index (χ4n) is 4.76. The van der Waals surface area contributed by atoms with Crippen molar-refractivity contribution in [3.8, 4) is 0 Å². The van der Waals surface area contributed by atoms with Crippen LogP contribution in [0.15, 0.2) is 54.6 Å². The number of aliphatic carboxylic acids is 1. The second kappa shape index (κ2) is 9.60. The molecule has 0 bridgehead atoms.